The van der Waals surface area contributed by atoms with Crippen LogP contribution in [0.25, 0.3) is 0 Å². The Morgan fingerprint density at radius 1 is 1.10 bits per heavy atom. The van der Waals surface area contributed by atoms with Gasteiger partial charge in [-0.3, -0.25) is 0 Å². The lowest BCUT2D eigenvalue weighted by atomic mass is 10.0. The van der Waals surface area contributed by atoms with E-state index < -0.39 is 6.10 Å². The zero-order valence-corrected chi connectivity index (χ0v) is 13.0. The van der Waals surface area contributed by atoms with Crippen molar-refractivity contribution in [1.82, 2.24) is 0 Å². The van der Waals surface area contributed by atoms with E-state index in [0.29, 0.717) is 5.56 Å². The minimum Gasteiger partial charge on any atom is -0.389 e. The highest BCUT2D eigenvalue weighted by molar-refractivity contribution is 9.10. The molecule has 0 aromatic heterocycles. The predicted molar refractivity (Wildman–Crippen MR) is 83.2 cm³/mol. The first-order valence-corrected chi connectivity index (χ1v) is 7.27. The van der Waals surface area contributed by atoms with Gasteiger partial charge in [0.25, 0.3) is 0 Å². The number of para-hydroxylation sites is 1. The van der Waals surface area contributed by atoms with Crippen LogP contribution in [0.5, 0.6) is 0 Å². The molecule has 2 unspecified atom stereocenters. The number of anilines is 1. The maximum Gasteiger partial charge on any atom is 0.128 e. The van der Waals surface area contributed by atoms with Crippen molar-refractivity contribution in [3.05, 3.63) is 63.9 Å². The fourth-order valence-electron chi connectivity index (χ4n) is 2.15. The topological polar surface area (TPSA) is 32.3 Å². The Bertz CT molecular complexity index is 601. The summed E-state index contributed by atoms with van der Waals surface area (Å²) in [5.74, 6) is -0.247. The van der Waals surface area contributed by atoms with Crippen LogP contribution in [0.15, 0.2) is 46.9 Å². The Morgan fingerprint density at radius 3 is 2.50 bits per heavy atom. The van der Waals surface area contributed by atoms with E-state index in [1.807, 2.05) is 31.2 Å². The van der Waals surface area contributed by atoms with E-state index in [0.717, 1.165) is 15.7 Å². The van der Waals surface area contributed by atoms with Gasteiger partial charge in [0.15, 0.2) is 0 Å². The van der Waals surface area contributed by atoms with E-state index in [4.69, 9.17) is 0 Å². The summed E-state index contributed by atoms with van der Waals surface area (Å²) in [6.45, 7) is 3.61. The SMILES string of the molecule is CC(O)c1ccccc1NC(C)c1cc(Br)ccc1F. The van der Waals surface area contributed by atoms with Crippen molar-refractivity contribution in [2.45, 2.75) is 26.0 Å². The molecule has 0 saturated heterocycles. The second-order valence-corrected chi connectivity index (χ2v) is 5.71. The molecule has 2 aromatic carbocycles. The molecule has 0 fully saturated rings. The number of hydrogen-bond acceptors (Lipinski definition) is 2. The molecule has 20 heavy (non-hydrogen) atoms. The second kappa shape index (κ2) is 6.37. The Labute approximate surface area is 126 Å². The third-order valence-corrected chi connectivity index (χ3v) is 3.70. The van der Waals surface area contributed by atoms with Crippen molar-refractivity contribution >= 4 is 21.6 Å². The summed E-state index contributed by atoms with van der Waals surface area (Å²) in [7, 11) is 0. The minimum atomic E-state index is -0.571. The first kappa shape index (κ1) is 15.0. The molecule has 4 heteroatoms. The first-order valence-electron chi connectivity index (χ1n) is 6.47. The van der Waals surface area contributed by atoms with Crippen molar-refractivity contribution < 1.29 is 9.50 Å². The van der Waals surface area contributed by atoms with Crippen LogP contribution in [-0.2, 0) is 0 Å². The summed E-state index contributed by atoms with van der Waals surface area (Å²) in [6, 6.07) is 12.2. The fraction of sp³-hybridized carbons (Fsp3) is 0.250. The lowest BCUT2D eigenvalue weighted by Gasteiger charge is -2.20. The Kier molecular flexibility index (Phi) is 4.78. The van der Waals surface area contributed by atoms with Crippen LogP contribution in [0, 0.1) is 5.82 Å². The number of aliphatic hydroxyl groups excluding tert-OH is 1. The van der Waals surface area contributed by atoms with Crippen LogP contribution in [0.3, 0.4) is 0 Å². The summed E-state index contributed by atoms with van der Waals surface area (Å²) in [4.78, 5) is 0. The number of rotatable bonds is 4. The molecule has 2 atom stereocenters. The molecule has 0 heterocycles. The zero-order chi connectivity index (χ0) is 14.7. The number of halogens is 2. The molecule has 0 aliphatic heterocycles. The van der Waals surface area contributed by atoms with Crippen molar-refractivity contribution in [1.29, 1.82) is 0 Å². The largest absolute Gasteiger partial charge is 0.389 e. The van der Waals surface area contributed by atoms with Gasteiger partial charge < -0.3 is 10.4 Å². The summed E-state index contributed by atoms with van der Waals surface area (Å²) >= 11 is 3.35. The number of benzene rings is 2. The van der Waals surface area contributed by atoms with Crippen molar-refractivity contribution in [2.24, 2.45) is 0 Å². The van der Waals surface area contributed by atoms with Gasteiger partial charge in [-0.1, -0.05) is 34.1 Å². The fourth-order valence-corrected chi connectivity index (χ4v) is 2.53. The van der Waals surface area contributed by atoms with Crippen LogP contribution in [0.4, 0.5) is 10.1 Å². The third kappa shape index (κ3) is 3.38. The minimum absolute atomic E-state index is 0.201. The Balaban J connectivity index is 2.28. The quantitative estimate of drug-likeness (QED) is 0.838. The van der Waals surface area contributed by atoms with Crippen LogP contribution in [-0.4, -0.2) is 5.11 Å². The van der Waals surface area contributed by atoms with E-state index in [1.54, 1.807) is 19.1 Å². The van der Waals surface area contributed by atoms with Gasteiger partial charge in [-0.25, -0.2) is 4.39 Å². The van der Waals surface area contributed by atoms with Crippen LogP contribution in [0.1, 0.15) is 37.1 Å². The van der Waals surface area contributed by atoms with E-state index in [9.17, 15) is 9.50 Å². The highest BCUT2D eigenvalue weighted by Crippen LogP contribution is 2.28. The van der Waals surface area contributed by atoms with Crippen LogP contribution >= 0.6 is 15.9 Å². The van der Waals surface area contributed by atoms with Gasteiger partial charge in [0, 0.05) is 21.3 Å². The average Bonchev–Trinajstić information content (AvgIpc) is 2.41. The maximum atomic E-state index is 13.9. The van der Waals surface area contributed by atoms with Crippen molar-refractivity contribution in [3.63, 3.8) is 0 Å². The van der Waals surface area contributed by atoms with Gasteiger partial charge in [-0.15, -0.1) is 0 Å². The maximum absolute atomic E-state index is 13.9. The number of nitrogens with one attached hydrogen (secondary N) is 1. The normalized spacial score (nSPS) is 13.8. The average molecular weight is 338 g/mol. The molecule has 2 aromatic rings. The van der Waals surface area contributed by atoms with Gasteiger partial charge in [-0.2, -0.15) is 0 Å². The first-order chi connectivity index (χ1) is 9.49. The molecule has 2 nitrogen and oxygen atoms in total. The van der Waals surface area contributed by atoms with Gasteiger partial charge in [0.2, 0.25) is 0 Å². The number of hydrogen-bond donors (Lipinski definition) is 2. The summed E-state index contributed by atoms with van der Waals surface area (Å²) in [6.07, 6.45) is -0.571. The smallest absolute Gasteiger partial charge is 0.128 e. The second-order valence-electron chi connectivity index (χ2n) is 4.80. The van der Waals surface area contributed by atoms with E-state index in [2.05, 4.69) is 21.2 Å². The zero-order valence-electron chi connectivity index (χ0n) is 11.4. The molecule has 2 N–H and O–H groups in total. The highest BCUT2D eigenvalue weighted by Gasteiger charge is 2.14. The van der Waals surface area contributed by atoms with E-state index >= 15 is 0 Å². The molecular weight excluding hydrogens is 321 g/mol. The van der Waals surface area contributed by atoms with Gasteiger partial charge >= 0.3 is 0 Å². The molecule has 2 rings (SSSR count). The molecule has 0 radical (unpaired) electrons. The van der Waals surface area contributed by atoms with E-state index in [-0.39, 0.29) is 11.9 Å². The molecular formula is C16H17BrFNO. The standard InChI is InChI=1S/C16H17BrFNO/c1-10(14-9-12(17)7-8-15(14)18)19-16-6-4-3-5-13(16)11(2)20/h3-11,19-20H,1-2H3. The molecule has 0 bridgehead atoms. The molecule has 0 aliphatic rings. The monoisotopic (exact) mass is 337 g/mol. The molecule has 0 saturated carbocycles. The predicted octanol–water partition coefficient (Wildman–Crippen LogP) is 4.81. The van der Waals surface area contributed by atoms with E-state index in [1.165, 1.54) is 6.07 Å². The van der Waals surface area contributed by atoms with Crippen molar-refractivity contribution in [3.8, 4) is 0 Å². The molecule has 0 aliphatic carbocycles. The van der Waals surface area contributed by atoms with Crippen LogP contribution < -0.4 is 5.32 Å². The van der Waals surface area contributed by atoms with Crippen molar-refractivity contribution in [2.75, 3.05) is 5.32 Å². The summed E-state index contributed by atoms with van der Waals surface area (Å²) in [5, 5.41) is 13.0. The molecule has 106 valence electrons. The Morgan fingerprint density at radius 2 is 1.80 bits per heavy atom. The summed E-state index contributed by atoms with van der Waals surface area (Å²) in [5.41, 5.74) is 2.20. The van der Waals surface area contributed by atoms with Gasteiger partial charge in [0.1, 0.15) is 5.82 Å². The van der Waals surface area contributed by atoms with Crippen LogP contribution in [0.2, 0.25) is 0 Å². The lowest BCUT2D eigenvalue weighted by molar-refractivity contribution is 0.200. The molecule has 0 amide bonds. The Hall–Kier alpha value is -1.39. The summed E-state index contributed by atoms with van der Waals surface area (Å²) < 4.78 is 14.7. The lowest BCUT2D eigenvalue weighted by Crippen LogP contribution is -2.11. The van der Waals surface area contributed by atoms with Gasteiger partial charge in [-0.05, 0) is 38.1 Å². The highest BCUT2D eigenvalue weighted by atomic mass is 79.9. The third-order valence-electron chi connectivity index (χ3n) is 3.21. The molecule has 0 spiro atoms. The van der Waals surface area contributed by atoms with Gasteiger partial charge in [0.05, 0.1) is 12.1 Å². The number of aliphatic hydroxyl groups is 1.